The van der Waals surface area contributed by atoms with Gasteiger partial charge in [0.15, 0.2) is 0 Å². The van der Waals surface area contributed by atoms with Crippen LogP contribution in [-0.2, 0) is 32.6 Å². The number of carbonyl (C=O) groups is 2. The van der Waals surface area contributed by atoms with E-state index in [0.29, 0.717) is 15.6 Å². The molecule has 0 aliphatic rings. The van der Waals surface area contributed by atoms with E-state index in [-0.39, 0.29) is 34.5 Å². The maximum absolute atomic E-state index is 14.5. The number of sulfonamides is 1. The van der Waals surface area contributed by atoms with Crippen LogP contribution in [0.4, 0.5) is 5.69 Å². The molecule has 4 aromatic rings. The summed E-state index contributed by atoms with van der Waals surface area (Å²) in [6, 6.07) is 27.4. The molecular weight excluding hydrogens is 653 g/mol. The number of benzene rings is 4. The van der Waals surface area contributed by atoms with Crippen LogP contribution in [0, 0.1) is 0 Å². The predicted octanol–water partition coefficient (Wildman–Crippen LogP) is 7.40. The summed E-state index contributed by atoms with van der Waals surface area (Å²) in [4.78, 5) is 29.8. The Hall–Kier alpha value is -3.56. The Labute approximate surface area is 279 Å². The molecule has 236 valence electrons. The molecule has 4 aromatic carbocycles. The third-order valence-corrected chi connectivity index (χ3v) is 9.61. The molecule has 45 heavy (non-hydrogen) atoms. The number of nitrogens with one attached hydrogen (secondary N) is 1. The van der Waals surface area contributed by atoms with Crippen molar-refractivity contribution >= 4 is 62.3 Å². The van der Waals surface area contributed by atoms with Crippen molar-refractivity contribution in [1.82, 2.24) is 10.2 Å². The van der Waals surface area contributed by atoms with Gasteiger partial charge in [0.05, 0.1) is 20.6 Å². The zero-order valence-corrected chi connectivity index (χ0v) is 28.2. The first kappa shape index (κ1) is 34.3. The topological polar surface area (TPSA) is 86.8 Å². The van der Waals surface area contributed by atoms with Crippen LogP contribution >= 0.6 is 34.8 Å². The van der Waals surface area contributed by atoms with Gasteiger partial charge in [-0.1, -0.05) is 89.4 Å². The molecule has 0 aromatic heterocycles. The number of halogens is 3. The van der Waals surface area contributed by atoms with Crippen molar-refractivity contribution in [3.05, 3.63) is 129 Å². The van der Waals surface area contributed by atoms with Crippen molar-refractivity contribution < 1.29 is 18.0 Å². The number of nitrogens with zero attached hydrogens (tertiary/aromatic N) is 2. The van der Waals surface area contributed by atoms with E-state index in [1.165, 1.54) is 29.2 Å². The van der Waals surface area contributed by atoms with E-state index in [0.717, 1.165) is 9.87 Å². The monoisotopic (exact) mass is 685 g/mol. The molecule has 0 heterocycles. The summed E-state index contributed by atoms with van der Waals surface area (Å²) in [5.74, 6) is -0.973. The van der Waals surface area contributed by atoms with Gasteiger partial charge in [-0.15, -0.1) is 0 Å². The van der Waals surface area contributed by atoms with Gasteiger partial charge in [0.2, 0.25) is 11.8 Å². The highest BCUT2D eigenvalue weighted by molar-refractivity contribution is 7.92. The SMILES string of the molecule is CC(C)(C)NC(=O)C(Cc1ccccc1)N(Cc1ccc(Cl)c(Cl)c1)C(=O)CN(c1ccccc1)S(=O)(=O)c1ccc(Cl)cc1. The van der Waals surface area contributed by atoms with Crippen LogP contribution in [0.2, 0.25) is 15.1 Å². The maximum Gasteiger partial charge on any atom is 0.264 e. The van der Waals surface area contributed by atoms with Crippen LogP contribution in [0.3, 0.4) is 0 Å². The fourth-order valence-electron chi connectivity index (χ4n) is 4.70. The van der Waals surface area contributed by atoms with Crippen LogP contribution < -0.4 is 9.62 Å². The second-order valence-corrected chi connectivity index (χ2v) is 14.6. The average molecular weight is 687 g/mol. The second-order valence-electron chi connectivity index (χ2n) is 11.5. The van der Waals surface area contributed by atoms with Gasteiger partial charge in [-0.2, -0.15) is 0 Å². The summed E-state index contributed by atoms with van der Waals surface area (Å²) in [5, 5.41) is 4.01. The highest BCUT2D eigenvalue weighted by atomic mass is 35.5. The van der Waals surface area contributed by atoms with Crippen molar-refractivity contribution in [3.8, 4) is 0 Å². The van der Waals surface area contributed by atoms with Crippen molar-refractivity contribution in [2.24, 2.45) is 0 Å². The van der Waals surface area contributed by atoms with Gasteiger partial charge < -0.3 is 10.2 Å². The van der Waals surface area contributed by atoms with Crippen molar-refractivity contribution in [1.29, 1.82) is 0 Å². The molecule has 0 saturated heterocycles. The number of anilines is 1. The predicted molar refractivity (Wildman–Crippen MR) is 181 cm³/mol. The number of amides is 2. The quantitative estimate of drug-likeness (QED) is 0.178. The summed E-state index contributed by atoms with van der Waals surface area (Å²) in [6.45, 7) is 4.95. The lowest BCUT2D eigenvalue weighted by molar-refractivity contribution is -0.140. The van der Waals surface area contributed by atoms with E-state index in [4.69, 9.17) is 34.8 Å². The van der Waals surface area contributed by atoms with Crippen molar-refractivity contribution in [2.75, 3.05) is 10.8 Å². The molecule has 1 atom stereocenters. The number of rotatable bonds is 11. The van der Waals surface area contributed by atoms with Gasteiger partial charge in [0, 0.05) is 23.5 Å². The van der Waals surface area contributed by atoms with Gasteiger partial charge in [0.25, 0.3) is 10.0 Å². The Balaban J connectivity index is 1.81. The van der Waals surface area contributed by atoms with Crippen LogP contribution in [0.5, 0.6) is 0 Å². The standard InChI is InChI=1S/C34H34Cl3N3O4S/c1-34(2,3)38-33(42)31(21-24-10-6-4-7-11-24)39(22-25-14-19-29(36)30(37)20-25)32(41)23-40(27-12-8-5-9-13-27)45(43,44)28-17-15-26(35)16-18-28/h4-20,31H,21-23H2,1-3H3,(H,38,42). The normalized spacial score (nSPS) is 12.3. The molecule has 0 aliphatic carbocycles. The molecule has 4 rings (SSSR count). The molecule has 0 aliphatic heterocycles. The minimum atomic E-state index is -4.23. The average Bonchev–Trinajstić information content (AvgIpc) is 2.99. The number of hydrogen-bond acceptors (Lipinski definition) is 4. The van der Waals surface area contributed by atoms with E-state index >= 15 is 0 Å². The second kappa shape index (κ2) is 14.7. The first-order chi connectivity index (χ1) is 21.2. The maximum atomic E-state index is 14.5. The van der Waals surface area contributed by atoms with E-state index in [9.17, 15) is 18.0 Å². The Bertz CT molecular complexity index is 1730. The smallest absolute Gasteiger partial charge is 0.264 e. The molecule has 1 unspecified atom stereocenters. The van der Waals surface area contributed by atoms with E-state index < -0.39 is 34.1 Å². The third kappa shape index (κ3) is 9.23. The van der Waals surface area contributed by atoms with Gasteiger partial charge >= 0.3 is 0 Å². The summed E-state index contributed by atoms with van der Waals surface area (Å²) in [5.41, 5.74) is 1.13. The fourth-order valence-corrected chi connectivity index (χ4v) is 6.56. The highest BCUT2D eigenvalue weighted by Gasteiger charge is 2.35. The molecule has 0 radical (unpaired) electrons. The Morgan fingerprint density at radius 1 is 0.778 bits per heavy atom. The molecule has 7 nitrogen and oxygen atoms in total. The lowest BCUT2D eigenvalue weighted by atomic mass is 10.0. The highest BCUT2D eigenvalue weighted by Crippen LogP contribution is 2.27. The van der Waals surface area contributed by atoms with E-state index in [2.05, 4.69) is 5.32 Å². The molecule has 0 bridgehead atoms. The van der Waals surface area contributed by atoms with Crippen molar-refractivity contribution in [3.63, 3.8) is 0 Å². The summed E-state index contributed by atoms with van der Waals surface area (Å²) >= 11 is 18.5. The first-order valence-corrected chi connectivity index (χ1v) is 16.7. The lowest BCUT2D eigenvalue weighted by Crippen LogP contribution is -2.56. The molecule has 1 N–H and O–H groups in total. The zero-order chi connectivity index (χ0) is 32.8. The van der Waals surface area contributed by atoms with Crippen LogP contribution in [0.1, 0.15) is 31.9 Å². The molecular formula is C34H34Cl3N3O4S. The number of hydrogen-bond donors (Lipinski definition) is 1. The van der Waals surface area contributed by atoms with Gasteiger partial charge in [-0.3, -0.25) is 13.9 Å². The van der Waals surface area contributed by atoms with Crippen molar-refractivity contribution in [2.45, 2.75) is 50.2 Å². The number of para-hydroxylation sites is 1. The Morgan fingerprint density at radius 2 is 1.38 bits per heavy atom. The summed E-state index contributed by atoms with van der Waals surface area (Å²) in [6.07, 6.45) is 0.186. The summed E-state index contributed by atoms with van der Waals surface area (Å²) in [7, 11) is -4.23. The largest absolute Gasteiger partial charge is 0.350 e. The molecule has 0 fully saturated rings. The van der Waals surface area contributed by atoms with Crippen LogP contribution in [0.25, 0.3) is 0 Å². The molecule has 2 amide bonds. The first-order valence-electron chi connectivity index (χ1n) is 14.2. The van der Waals surface area contributed by atoms with E-state index in [1.807, 2.05) is 51.1 Å². The van der Waals surface area contributed by atoms with Gasteiger partial charge in [-0.25, -0.2) is 8.42 Å². The molecule has 0 spiro atoms. The molecule has 0 saturated carbocycles. The minimum Gasteiger partial charge on any atom is -0.350 e. The molecule has 11 heteroatoms. The summed E-state index contributed by atoms with van der Waals surface area (Å²) < 4.78 is 29.1. The third-order valence-electron chi connectivity index (χ3n) is 6.83. The van der Waals surface area contributed by atoms with Gasteiger partial charge in [-0.05, 0) is 80.4 Å². The van der Waals surface area contributed by atoms with E-state index in [1.54, 1.807) is 48.5 Å². The number of carbonyl (C=O) groups excluding carboxylic acids is 2. The fraction of sp³-hybridized carbons (Fsp3) is 0.235. The minimum absolute atomic E-state index is 0.0333. The van der Waals surface area contributed by atoms with Crippen LogP contribution in [0.15, 0.2) is 108 Å². The Kier molecular flexibility index (Phi) is 11.2. The van der Waals surface area contributed by atoms with Crippen LogP contribution in [-0.4, -0.2) is 43.3 Å². The Morgan fingerprint density at radius 3 is 1.96 bits per heavy atom. The van der Waals surface area contributed by atoms with Gasteiger partial charge in [0.1, 0.15) is 12.6 Å². The zero-order valence-electron chi connectivity index (χ0n) is 25.1. The lowest BCUT2D eigenvalue weighted by Gasteiger charge is -2.35.